The molecule has 24 valence electrons. The molecule has 0 aliphatic rings. The molecule has 0 heterocycles. The fourth-order valence-corrected chi connectivity index (χ4v) is 0. The van der Waals surface area contributed by atoms with Gasteiger partial charge in [-0.25, -0.2) is 8.78 Å². The molecule has 0 saturated heterocycles. The molecule has 0 fully saturated rings. The summed E-state index contributed by atoms with van der Waals surface area (Å²) in [7, 11) is 0. The van der Waals surface area contributed by atoms with Crippen LogP contribution in [-0.4, -0.2) is 6.93 Å². The van der Waals surface area contributed by atoms with E-state index in [1.165, 1.54) is 0 Å². The predicted octanol–water partition coefficient (Wildman–Crippen LogP) is -4.88. The summed E-state index contributed by atoms with van der Waals surface area (Å²) in [5.74, 6) is 0. The van der Waals surface area contributed by atoms with Crippen LogP contribution in [0.3, 0.4) is 0 Å². The van der Waals surface area contributed by atoms with Crippen molar-refractivity contribution in [1.29, 1.82) is 0 Å². The first-order valence-electron chi connectivity index (χ1n) is 0.535. The summed E-state index contributed by atoms with van der Waals surface area (Å²) < 4.78 is 19.2. The Bertz CT molecular complexity index is 13.7. The second-order valence-electron chi connectivity index (χ2n) is 0.101. The van der Waals surface area contributed by atoms with Crippen molar-refractivity contribution in [1.82, 2.24) is 0 Å². The van der Waals surface area contributed by atoms with Gasteiger partial charge in [0, 0.05) is 0 Å². The summed E-state index contributed by atoms with van der Waals surface area (Å²) in [4.78, 5) is 0. The van der Waals surface area contributed by atoms with Gasteiger partial charge in [0.1, 0.15) is 0 Å². The largest absolute Gasteiger partial charge is 1.00 e. The summed E-state index contributed by atoms with van der Waals surface area (Å²) in [5.41, 5.74) is 0. The van der Waals surface area contributed by atoms with E-state index in [9.17, 15) is 8.78 Å². The van der Waals surface area contributed by atoms with E-state index in [2.05, 4.69) is 0 Å². The van der Waals surface area contributed by atoms with Crippen LogP contribution >= 0.6 is 0 Å². The molecule has 0 aromatic carbocycles. The van der Waals surface area contributed by atoms with Crippen molar-refractivity contribution in [2.24, 2.45) is 0 Å². The van der Waals surface area contributed by atoms with Gasteiger partial charge in [0.2, 0.25) is 6.93 Å². The van der Waals surface area contributed by atoms with Gasteiger partial charge in [0.15, 0.2) is 0 Å². The maximum Gasteiger partial charge on any atom is 1.00 e. The average Bonchev–Trinajstić information content (AvgIpc) is 0.918. The van der Waals surface area contributed by atoms with E-state index in [-0.39, 0.29) is 106 Å². The van der Waals surface area contributed by atoms with E-state index in [0.717, 1.165) is 0 Å². The van der Waals surface area contributed by atoms with E-state index in [0.29, 0.717) is 0 Å². The number of halogens is 2. The van der Waals surface area contributed by atoms with Gasteiger partial charge in [-0.3, -0.25) is 0 Å². The monoisotopic (exact) mass is 132 g/mol. The zero-order valence-electron chi connectivity index (χ0n) is 5.46. The van der Waals surface area contributed by atoms with Crippen LogP contribution in [0, 0.1) is 0 Å². The maximum absolute atomic E-state index is 9.62. The summed E-state index contributed by atoms with van der Waals surface area (Å²) in [6.07, 6.45) is 0. The third-order valence-electron chi connectivity index (χ3n) is 0. The zero-order chi connectivity index (χ0) is 2.71. The van der Waals surface area contributed by atoms with E-state index in [1.807, 2.05) is 0 Å². The van der Waals surface area contributed by atoms with Crippen LogP contribution in [0.5, 0.6) is 0 Å². The van der Waals surface area contributed by atoms with Gasteiger partial charge in [0.05, 0.1) is 0 Å². The van der Waals surface area contributed by atoms with E-state index in [1.54, 1.807) is 0 Å². The number of alkyl halides is 2. The number of hydrogen-bond acceptors (Lipinski definition) is 0. The minimum atomic E-state index is -1.75. The van der Waals surface area contributed by atoms with Crippen molar-refractivity contribution in [3.05, 3.63) is 0 Å². The second kappa shape index (κ2) is 15.7. The van der Waals surface area contributed by atoms with Crippen LogP contribution in [0.4, 0.5) is 8.78 Å². The minimum absolute atomic E-state index is 0. The van der Waals surface area contributed by atoms with Crippen LogP contribution < -0.4 is 103 Å². The molecule has 0 amide bonds. The molecule has 0 aromatic heterocycles. The molecule has 5 heavy (non-hydrogen) atoms. The molecular formula is CH4F2K2. The van der Waals surface area contributed by atoms with Crippen molar-refractivity contribution in [3.63, 3.8) is 0 Å². The smallest absolute Gasteiger partial charge is 1.00 e. The SMILES string of the molecule is FCF.[H-].[H-].[K+].[K+]. The third kappa shape index (κ3) is 19.1. The first-order valence-corrected chi connectivity index (χ1v) is 0.535. The summed E-state index contributed by atoms with van der Waals surface area (Å²) in [6.45, 7) is -1.75. The molecule has 0 radical (unpaired) electrons. The summed E-state index contributed by atoms with van der Waals surface area (Å²) in [6, 6.07) is 0. The van der Waals surface area contributed by atoms with Gasteiger partial charge >= 0.3 is 103 Å². The zero-order valence-corrected chi connectivity index (χ0v) is 9.71. The normalized spacial score (nSPS) is 3.60. The van der Waals surface area contributed by atoms with E-state index in [4.69, 9.17) is 0 Å². The average molecular weight is 132 g/mol. The Morgan fingerprint density at radius 1 is 1.20 bits per heavy atom. The standard InChI is InChI=1S/CH2F2.2K.2H/c2-1-3;;;;/h1H2;;;;/q;2*+1;2*-1. The predicted molar refractivity (Wildman–Crippen MR) is 9.31 cm³/mol. The molecule has 4 heteroatoms. The molecule has 0 atom stereocenters. The van der Waals surface area contributed by atoms with Crippen molar-refractivity contribution in [3.8, 4) is 0 Å². The molecule has 0 nitrogen and oxygen atoms in total. The maximum atomic E-state index is 9.62. The van der Waals surface area contributed by atoms with Crippen LogP contribution in [-0.2, 0) is 0 Å². The Balaban J connectivity index is -0.00000000333. The van der Waals surface area contributed by atoms with Crippen molar-refractivity contribution >= 4 is 0 Å². The van der Waals surface area contributed by atoms with E-state index < -0.39 is 6.93 Å². The Labute approximate surface area is 118 Å². The Kier molecular flexibility index (Phi) is 49.3. The Hall–Kier alpha value is 3.13. The van der Waals surface area contributed by atoms with Gasteiger partial charge in [-0.2, -0.15) is 0 Å². The van der Waals surface area contributed by atoms with Crippen molar-refractivity contribution < 1.29 is 114 Å². The van der Waals surface area contributed by atoms with Crippen LogP contribution in [0.15, 0.2) is 0 Å². The van der Waals surface area contributed by atoms with Gasteiger partial charge < -0.3 is 2.85 Å². The number of hydrogen-bond donors (Lipinski definition) is 0. The fraction of sp³-hybridized carbons (Fsp3) is 1.00. The Morgan fingerprint density at radius 2 is 1.20 bits per heavy atom. The molecule has 0 spiro atoms. The quantitative estimate of drug-likeness (QED) is 0.290. The molecule has 0 aliphatic carbocycles. The second-order valence-corrected chi connectivity index (χ2v) is 0.101. The molecule has 0 bridgehead atoms. The van der Waals surface area contributed by atoms with Gasteiger partial charge in [-0.05, 0) is 0 Å². The minimum Gasteiger partial charge on any atom is -1.00 e. The van der Waals surface area contributed by atoms with Gasteiger partial charge in [0.25, 0.3) is 0 Å². The topological polar surface area (TPSA) is 0 Å². The first kappa shape index (κ1) is 15.7. The van der Waals surface area contributed by atoms with Crippen LogP contribution in [0.25, 0.3) is 0 Å². The molecular weight excluding hydrogens is 128 g/mol. The van der Waals surface area contributed by atoms with Crippen molar-refractivity contribution in [2.75, 3.05) is 6.93 Å². The molecule has 0 unspecified atom stereocenters. The van der Waals surface area contributed by atoms with Gasteiger partial charge in [-0.15, -0.1) is 0 Å². The summed E-state index contributed by atoms with van der Waals surface area (Å²) >= 11 is 0. The van der Waals surface area contributed by atoms with Gasteiger partial charge in [-0.1, -0.05) is 0 Å². The third-order valence-corrected chi connectivity index (χ3v) is 0. The summed E-state index contributed by atoms with van der Waals surface area (Å²) in [5, 5.41) is 0. The first-order chi connectivity index (χ1) is 1.41. The fourth-order valence-electron chi connectivity index (χ4n) is 0. The number of rotatable bonds is 0. The van der Waals surface area contributed by atoms with Crippen LogP contribution in [0.1, 0.15) is 2.85 Å². The molecule has 0 rings (SSSR count). The molecule has 0 N–H and O–H groups in total. The molecule has 0 aromatic rings. The van der Waals surface area contributed by atoms with Crippen LogP contribution in [0.2, 0.25) is 0 Å². The Morgan fingerprint density at radius 3 is 1.20 bits per heavy atom. The van der Waals surface area contributed by atoms with E-state index >= 15 is 0 Å². The molecule has 0 aliphatic heterocycles. The van der Waals surface area contributed by atoms with Crippen molar-refractivity contribution in [2.45, 2.75) is 0 Å². The molecule has 0 saturated carbocycles.